The normalized spacial score (nSPS) is 10.3. The molecular weight excluding hydrogens is 337 g/mol. The van der Waals surface area contributed by atoms with Crippen molar-refractivity contribution in [2.75, 3.05) is 5.32 Å². The molecule has 0 aromatic heterocycles. The highest BCUT2D eigenvalue weighted by Gasteiger charge is 2.12. The quantitative estimate of drug-likeness (QED) is 0.802. The number of phenols is 1. The molecule has 0 aliphatic rings. The van der Waals surface area contributed by atoms with Gasteiger partial charge in [0.1, 0.15) is 5.75 Å². The molecule has 6 heteroatoms. The van der Waals surface area contributed by atoms with Gasteiger partial charge >= 0.3 is 0 Å². The summed E-state index contributed by atoms with van der Waals surface area (Å²) >= 11 is 8.92. The van der Waals surface area contributed by atoms with Crippen LogP contribution in [0.15, 0.2) is 40.9 Å². The third kappa shape index (κ3) is 3.24. The first kappa shape index (κ1) is 13.8. The number of rotatable bonds is 2. The van der Waals surface area contributed by atoms with Crippen LogP contribution in [0, 0.1) is 5.82 Å². The van der Waals surface area contributed by atoms with Crippen LogP contribution in [0.1, 0.15) is 10.4 Å². The van der Waals surface area contributed by atoms with Gasteiger partial charge in [0.15, 0.2) is 5.82 Å². The molecule has 2 aromatic carbocycles. The van der Waals surface area contributed by atoms with E-state index < -0.39 is 11.7 Å². The Morgan fingerprint density at radius 1 is 1.26 bits per heavy atom. The first-order valence-electron chi connectivity index (χ1n) is 5.22. The zero-order valence-corrected chi connectivity index (χ0v) is 11.8. The van der Waals surface area contributed by atoms with Gasteiger partial charge in [0, 0.05) is 16.1 Å². The number of phenolic OH excluding ortho intramolecular Hbond substituents is 1. The second kappa shape index (κ2) is 5.59. The average molecular weight is 345 g/mol. The molecule has 0 atom stereocenters. The highest BCUT2D eigenvalue weighted by atomic mass is 79.9. The van der Waals surface area contributed by atoms with Crippen LogP contribution in [0.4, 0.5) is 10.1 Å². The molecule has 3 nitrogen and oxygen atoms in total. The lowest BCUT2D eigenvalue weighted by Gasteiger charge is -2.08. The standard InChI is InChI=1S/C13H8BrClFNO2/c14-8-3-1-7(2-4-8)13(19)17-11-5-9(15)12(18)6-10(11)16/h1-6,18H,(H,17,19). The molecule has 0 saturated heterocycles. The lowest BCUT2D eigenvalue weighted by Crippen LogP contribution is -2.12. The smallest absolute Gasteiger partial charge is 0.255 e. The van der Waals surface area contributed by atoms with Crippen LogP contribution in [0.5, 0.6) is 5.75 Å². The lowest BCUT2D eigenvalue weighted by molar-refractivity contribution is 0.102. The number of nitrogens with one attached hydrogen (secondary N) is 1. The molecule has 2 rings (SSSR count). The van der Waals surface area contributed by atoms with Gasteiger partial charge in [-0.1, -0.05) is 27.5 Å². The summed E-state index contributed by atoms with van der Waals surface area (Å²) < 4.78 is 14.4. The zero-order chi connectivity index (χ0) is 14.0. The molecule has 0 unspecified atom stereocenters. The summed E-state index contributed by atoms with van der Waals surface area (Å²) in [6, 6.07) is 8.60. The highest BCUT2D eigenvalue weighted by molar-refractivity contribution is 9.10. The molecule has 0 fully saturated rings. The van der Waals surface area contributed by atoms with E-state index >= 15 is 0 Å². The number of halogens is 3. The number of benzene rings is 2. The summed E-state index contributed by atoms with van der Waals surface area (Å²) in [5, 5.41) is 11.6. The van der Waals surface area contributed by atoms with Crippen LogP contribution in [-0.4, -0.2) is 11.0 Å². The maximum Gasteiger partial charge on any atom is 0.255 e. The summed E-state index contributed by atoms with van der Waals surface area (Å²) in [6.45, 7) is 0. The van der Waals surface area contributed by atoms with Crippen molar-refractivity contribution in [3.8, 4) is 5.75 Å². The van der Waals surface area contributed by atoms with Gasteiger partial charge in [0.25, 0.3) is 5.91 Å². The molecule has 0 saturated carbocycles. The minimum Gasteiger partial charge on any atom is -0.506 e. The fourth-order valence-electron chi connectivity index (χ4n) is 1.43. The van der Waals surface area contributed by atoms with Crippen molar-refractivity contribution in [2.45, 2.75) is 0 Å². The number of aromatic hydroxyl groups is 1. The van der Waals surface area contributed by atoms with E-state index in [0.29, 0.717) is 5.56 Å². The number of carbonyl (C=O) groups is 1. The van der Waals surface area contributed by atoms with Gasteiger partial charge in [0.2, 0.25) is 0 Å². The van der Waals surface area contributed by atoms with Crippen LogP contribution in [0.2, 0.25) is 5.02 Å². The highest BCUT2D eigenvalue weighted by Crippen LogP contribution is 2.29. The number of carbonyl (C=O) groups excluding carboxylic acids is 1. The van der Waals surface area contributed by atoms with Gasteiger partial charge in [-0.3, -0.25) is 4.79 Å². The Kier molecular flexibility index (Phi) is 4.07. The summed E-state index contributed by atoms with van der Waals surface area (Å²) in [4.78, 5) is 11.9. The van der Waals surface area contributed by atoms with E-state index in [1.807, 2.05) is 0 Å². The molecule has 1 amide bonds. The van der Waals surface area contributed by atoms with E-state index in [1.165, 1.54) is 0 Å². The Balaban J connectivity index is 2.24. The van der Waals surface area contributed by atoms with Crippen molar-refractivity contribution in [1.82, 2.24) is 0 Å². The third-order valence-corrected chi connectivity index (χ3v) is 3.22. The lowest BCUT2D eigenvalue weighted by atomic mass is 10.2. The molecule has 0 heterocycles. The van der Waals surface area contributed by atoms with Crippen molar-refractivity contribution < 1.29 is 14.3 Å². The third-order valence-electron chi connectivity index (χ3n) is 2.39. The van der Waals surface area contributed by atoms with Crippen molar-refractivity contribution in [3.05, 3.63) is 57.3 Å². The van der Waals surface area contributed by atoms with E-state index in [1.54, 1.807) is 24.3 Å². The first-order valence-corrected chi connectivity index (χ1v) is 6.39. The second-order valence-corrected chi connectivity index (χ2v) is 5.07. The van der Waals surface area contributed by atoms with Crippen molar-refractivity contribution in [3.63, 3.8) is 0 Å². The predicted molar refractivity (Wildman–Crippen MR) is 75.2 cm³/mol. The molecule has 19 heavy (non-hydrogen) atoms. The molecular formula is C13H8BrClFNO2. The van der Waals surface area contributed by atoms with E-state index in [0.717, 1.165) is 16.6 Å². The monoisotopic (exact) mass is 343 g/mol. The van der Waals surface area contributed by atoms with Crippen LogP contribution >= 0.6 is 27.5 Å². The summed E-state index contributed by atoms with van der Waals surface area (Å²) in [7, 11) is 0. The Morgan fingerprint density at radius 2 is 1.89 bits per heavy atom. The van der Waals surface area contributed by atoms with E-state index in [4.69, 9.17) is 11.6 Å². The molecule has 2 aromatic rings. The first-order chi connectivity index (χ1) is 8.97. The summed E-state index contributed by atoms with van der Waals surface area (Å²) in [5.41, 5.74) is 0.294. The largest absolute Gasteiger partial charge is 0.506 e. The van der Waals surface area contributed by atoms with E-state index in [-0.39, 0.29) is 16.5 Å². The Bertz CT molecular complexity index is 631. The predicted octanol–water partition coefficient (Wildman–Crippen LogP) is 4.20. The van der Waals surface area contributed by atoms with E-state index in [9.17, 15) is 14.3 Å². The number of hydrogen-bond donors (Lipinski definition) is 2. The maximum atomic E-state index is 13.5. The minimum atomic E-state index is -0.757. The Labute approximate surface area is 122 Å². The molecule has 0 bridgehead atoms. The summed E-state index contributed by atoms with van der Waals surface area (Å²) in [5.74, 6) is -1.60. The molecule has 0 spiro atoms. The number of anilines is 1. The molecule has 0 radical (unpaired) electrons. The number of hydrogen-bond acceptors (Lipinski definition) is 2. The van der Waals surface area contributed by atoms with Crippen molar-refractivity contribution in [1.29, 1.82) is 0 Å². The fraction of sp³-hybridized carbons (Fsp3) is 0. The minimum absolute atomic E-state index is 0.0347. The Morgan fingerprint density at radius 3 is 2.53 bits per heavy atom. The molecule has 0 aliphatic carbocycles. The zero-order valence-electron chi connectivity index (χ0n) is 9.45. The van der Waals surface area contributed by atoms with Gasteiger partial charge < -0.3 is 10.4 Å². The SMILES string of the molecule is O=C(Nc1cc(Cl)c(O)cc1F)c1ccc(Br)cc1. The van der Waals surface area contributed by atoms with E-state index in [2.05, 4.69) is 21.2 Å². The topological polar surface area (TPSA) is 49.3 Å². The van der Waals surface area contributed by atoms with Gasteiger partial charge in [-0.05, 0) is 30.3 Å². The Hall–Kier alpha value is -1.59. The van der Waals surface area contributed by atoms with Crippen molar-refractivity contribution >= 4 is 39.1 Å². The summed E-state index contributed by atoms with van der Waals surface area (Å²) in [6.07, 6.45) is 0. The van der Waals surface area contributed by atoms with Crippen LogP contribution in [0.3, 0.4) is 0 Å². The average Bonchev–Trinajstić information content (AvgIpc) is 2.36. The second-order valence-electron chi connectivity index (χ2n) is 3.74. The number of amides is 1. The van der Waals surface area contributed by atoms with Gasteiger partial charge in [-0.15, -0.1) is 0 Å². The molecule has 2 N–H and O–H groups in total. The van der Waals surface area contributed by atoms with Crippen LogP contribution in [-0.2, 0) is 0 Å². The van der Waals surface area contributed by atoms with Crippen LogP contribution in [0.25, 0.3) is 0 Å². The maximum absolute atomic E-state index is 13.5. The van der Waals surface area contributed by atoms with Gasteiger partial charge in [-0.2, -0.15) is 0 Å². The fourth-order valence-corrected chi connectivity index (χ4v) is 1.86. The van der Waals surface area contributed by atoms with Crippen LogP contribution < -0.4 is 5.32 Å². The van der Waals surface area contributed by atoms with Crippen molar-refractivity contribution in [2.24, 2.45) is 0 Å². The molecule has 0 aliphatic heterocycles. The van der Waals surface area contributed by atoms with Gasteiger partial charge in [-0.25, -0.2) is 4.39 Å². The van der Waals surface area contributed by atoms with Gasteiger partial charge in [0.05, 0.1) is 10.7 Å². The molecule has 98 valence electrons.